The Balaban J connectivity index is 1.45. The maximum absolute atomic E-state index is 12.3. The van der Waals surface area contributed by atoms with E-state index in [4.69, 9.17) is 4.52 Å². The van der Waals surface area contributed by atoms with E-state index in [2.05, 4.69) is 67.1 Å². The van der Waals surface area contributed by atoms with Crippen LogP contribution >= 0.6 is 8.44 Å². The molecule has 5 nitrogen and oxygen atoms in total. The summed E-state index contributed by atoms with van der Waals surface area (Å²) < 4.78 is 19.8. The second kappa shape index (κ2) is 7.90. The lowest BCUT2D eigenvalue weighted by Crippen LogP contribution is -2.36. The van der Waals surface area contributed by atoms with Gasteiger partial charge in [-0.1, -0.05) is 55.5 Å². The highest BCUT2D eigenvalue weighted by Gasteiger charge is 2.22. The number of aromatic nitrogens is 2. The highest BCUT2D eigenvalue weighted by atomic mass is 32.8. The summed E-state index contributed by atoms with van der Waals surface area (Å²) in [6.45, 7) is 1.53. The van der Waals surface area contributed by atoms with E-state index in [1.807, 2.05) is 6.07 Å². The Morgan fingerprint density at radius 1 is 1.18 bits per heavy atom. The molecular weight excluding hydrogens is 388 g/mol. The molecule has 0 fully saturated rings. The van der Waals surface area contributed by atoms with Gasteiger partial charge >= 0.3 is 0 Å². The molecule has 1 aliphatic rings. The zero-order chi connectivity index (χ0) is 19.7. The fourth-order valence-corrected chi connectivity index (χ4v) is 5.02. The maximum atomic E-state index is 12.3. The lowest BCUT2D eigenvalue weighted by Gasteiger charge is -2.34. The number of aryl methyl sites for hydroxylation is 2. The van der Waals surface area contributed by atoms with E-state index >= 15 is 0 Å². The Hall–Kier alpha value is -1.82. The van der Waals surface area contributed by atoms with Gasteiger partial charge in [-0.05, 0) is 45.3 Å². The minimum absolute atomic E-state index is 0.636. The number of hydrogen-bond donors (Lipinski definition) is 1. The summed E-state index contributed by atoms with van der Waals surface area (Å²) in [4.78, 5) is 4.58. The summed E-state index contributed by atoms with van der Waals surface area (Å²) in [5, 5.41) is 4.17. The van der Waals surface area contributed by atoms with Crippen molar-refractivity contribution < 1.29 is 8.73 Å². The van der Waals surface area contributed by atoms with Crippen LogP contribution in [-0.2, 0) is 35.5 Å². The smallest absolute Gasteiger partial charge is 0.227 e. The van der Waals surface area contributed by atoms with E-state index in [9.17, 15) is 4.21 Å². The molecule has 0 spiro atoms. The van der Waals surface area contributed by atoms with Crippen molar-refractivity contribution in [2.75, 3.05) is 12.8 Å². The van der Waals surface area contributed by atoms with Gasteiger partial charge in [0.25, 0.3) is 0 Å². The van der Waals surface area contributed by atoms with Gasteiger partial charge in [-0.15, -0.1) is 0 Å². The molecule has 0 saturated carbocycles. The summed E-state index contributed by atoms with van der Waals surface area (Å²) >= 11 is 0. The van der Waals surface area contributed by atoms with Gasteiger partial charge in [0.1, 0.15) is 7.85 Å². The number of hydrogen-bond acceptors (Lipinski definition) is 4. The third kappa shape index (κ3) is 4.43. The molecule has 4 rings (SSSR count). The minimum atomic E-state index is -2.29. The molecule has 0 saturated heterocycles. The van der Waals surface area contributed by atoms with E-state index in [1.54, 1.807) is 6.26 Å². The molecule has 0 radical (unpaired) electrons. The molecule has 1 aromatic heterocycles. The van der Waals surface area contributed by atoms with Gasteiger partial charge in [0, 0.05) is 31.3 Å². The molecule has 0 bridgehead atoms. The fourth-order valence-electron chi connectivity index (χ4n) is 3.50. The molecule has 0 N–H and O–H groups in total. The molecule has 1 unspecified atom stereocenters. The molecule has 1 aliphatic heterocycles. The number of nitrogens with zero attached hydrogens (tertiary/aromatic N) is 3. The molecule has 2 aromatic carbocycles. The second-order valence-corrected chi connectivity index (χ2v) is 12.9. The van der Waals surface area contributed by atoms with Crippen LogP contribution in [0.4, 0.5) is 0 Å². The normalized spacial score (nSPS) is 15.4. The van der Waals surface area contributed by atoms with E-state index in [0.29, 0.717) is 11.7 Å². The van der Waals surface area contributed by atoms with Crippen molar-refractivity contribution in [3.63, 3.8) is 0 Å². The van der Waals surface area contributed by atoms with Gasteiger partial charge in [0.2, 0.25) is 11.7 Å². The molecule has 0 aliphatic carbocycles. The van der Waals surface area contributed by atoms with Crippen LogP contribution in [0.1, 0.15) is 22.6 Å². The zero-order valence-corrected chi connectivity index (χ0v) is 18.3. The van der Waals surface area contributed by atoms with Crippen molar-refractivity contribution in [3.8, 4) is 11.4 Å². The van der Waals surface area contributed by atoms with Gasteiger partial charge in [-0.3, -0.25) is 4.21 Å². The highest BCUT2D eigenvalue weighted by molar-refractivity contribution is 8.43. The van der Waals surface area contributed by atoms with Crippen molar-refractivity contribution in [2.24, 2.45) is 0 Å². The van der Waals surface area contributed by atoms with Crippen LogP contribution in [-0.4, -0.2) is 39.3 Å². The summed E-state index contributed by atoms with van der Waals surface area (Å²) in [6.07, 6.45) is 4.30. The zero-order valence-electron chi connectivity index (χ0n) is 16.3. The Labute approximate surface area is 169 Å². The van der Waals surface area contributed by atoms with Crippen LogP contribution in [0.15, 0.2) is 47.0 Å². The van der Waals surface area contributed by atoms with Crippen molar-refractivity contribution in [3.05, 3.63) is 65.0 Å². The molecule has 2 heterocycles. The average molecular weight is 413 g/mol. The molecular formula is C20H25BN3O2PS. The number of benzene rings is 2. The van der Waals surface area contributed by atoms with Crippen molar-refractivity contribution >= 4 is 31.5 Å². The largest absolute Gasteiger partial charge is 0.339 e. The van der Waals surface area contributed by atoms with Crippen LogP contribution in [0.25, 0.3) is 11.4 Å². The van der Waals surface area contributed by atoms with Gasteiger partial charge in [0.05, 0.1) is 0 Å². The monoisotopic (exact) mass is 413 g/mol. The summed E-state index contributed by atoms with van der Waals surface area (Å²) in [5.74, 6) is 1.30. The Morgan fingerprint density at radius 2 is 1.96 bits per heavy atom. The van der Waals surface area contributed by atoms with Crippen LogP contribution in [0, 0.1) is 0 Å². The van der Waals surface area contributed by atoms with Crippen molar-refractivity contribution in [2.45, 2.75) is 25.8 Å². The van der Waals surface area contributed by atoms with Crippen LogP contribution < -0.4 is 5.46 Å². The lowest BCUT2D eigenvalue weighted by atomic mass is 9.94. The summed E-state index contributed by atoms with van der Waals surface area (Å²) in [5.41, 5.74) is 6.01. The fraction of sp³-hybridized carbons (Fsp3) is 0.300. The first kappa shape index (κ1) is 19.5. The van der Waals surface area contributed by atoms with Crippen molar-refractivity contribution in [1.29, 1.82) is 0 Å². The maximum Gasteiger partial charge on any atom is 0.227 e. The third-order valence-corrected chi connectivity index (χ3v) is 7.68. The van der Waals surface area contributed by atoms with Gasteiger partial charge < -0.3 is 4.52 Å². The molecule has 0 amide bonds. The molecule has 28 heavy (non-hydrogen) atoms. The van der Waals surface area contributed by atoms with Crippen LogP contribution in [0.5, 0.6) is 0 Å². The molecule has 146 valence electrons. The van der Waals surface area contributed by atoms with Gasteiger partial charge in [-0.2, -0.15) is 4.98 Å². The first-order chi connectivity index (χ1) is 13.4. The minimum Gasteiger partial charge on any atom is -0.339 e. The van der Waals surface area contributed by atoms with Gasteiger partial charge in [0.15, 0.2) is 0 Å². The topological polar surface area (TPSA) is 59.2 Å². The van der Waals surface area contributed by atoms with E-state index in [1.165, 1.54) is 22.2 Å². The number of rotatable bonds is 5. The summed E-state index contributed by atoms with van der Waals surface area (Å²) in [7, 11) is 2.30. The highest BCUT2D eigenvalue weighted by Crippen LogP contribution is 2.29. The average Bonchev–Trinajstić information content (AvgIpc) is 3.15. The first-order valence-corrected chi connectivity index (χ1v) is 13.2. The SMILES string of the molecule is Bc1ccc(CCc2nc(-c3ccc4c(c3)CCN([SH](C)(=O)P)C4)no2)cc1. The van der Waals surface area contributed by atoms with Crippen LogP contribution in [0.3, 0.4) is 0 Å². The standard InChI is InChI=1S/C20H25BN3O2PS/c1-28(25,27)24-11-10-15-12-16(5-6-17(15)13-24)20-22-19(26-23-20)9-4-14-2-7-18(21)8-3-14/h2-3,5-8,12,28H,4,9-11,13,21,27H2,1H3. The van der Waals surface area contributed by atoms with Gasteiger partial charge in [-0.25, -0.2) is 4.31 Å². The third-order valence-electron chi connectivity index (χ3n) is 5.23. The lowest BCUT2D eigenvalue weighted by molar-refractivity contribution is 0.379. The van der Waals surface area contributed by atoms with E-state index in [0.717, 1.165) is 37.9 Å². The predicted octanol–water partition coefficient (Wildman–Crippen LogP) is 1.49. The Bertz CT molecular complexity index is 1030. The number of thiol groups is 1. The van der Waals surface area contributed by atoms with E-state index in [-0.39, 0.29) is 0 Å². The predicted molar refractivity (Wildman–Crippen MR) is 121 cm³/mol. The Kier molecular flexibility index (Phi) is 5.50. The second-order valence-electron chi connectivity index (χ2n) is 7.56. The van der Waals surface area contributed by atoms with Crippen molar-refractivity contribution in [1.82, 2.24) is 14.4 Å². The van der Waals surface area contributed by atoms with Crippen LogP contribution in [0.2, 0.25) is 0 Å². The molecule has 3 aromatic rings. The quantitative estimate of drug-likeness (QED) is 0.391. The first-order valence-electron chi connectivity index (χ1n) is 9.50. The summed E-state index contributed by atoms with van der Waals surface area (Å²) in [6, 6.07) is 14.8. The molecule has 8 heteroatoms. The van der Waals surface area contributed by atoms with E-state index < -0.39 is 9.74 Å². The molecule has 1 atom stereocenters. The Morgan fingerprint density at radius 3 is 2.71 bits per heavy atom. The number of fused-ring (bicyclic) bond motifs is 1.